The molecule has 29 heavy (non-hydrogen) atoms. The van der Waals surface area contributed by atoms with E-state index in [-0.39, 0.29) is 28.5 Å². The Hall–Kier alpha value is -3.08. The number of rotatable bonds is 4. The summed E-state index contributed by atoms with van der Waals surface area (Å²) in [7, 11) is -5.21. The zero-order valence-corrected chi connectivity index (χ0v) is 16.2. The second kappa shape index (κ2) is 8.95. The molecule has 149 valence electrons. The van der Waals surface area contributed by atoms with E-state index in [0.717, 1.165) is 6.07 Å². The molecule has 3 aromatic rings. The molecule has 0 atom stereocenters. The van der Waals surface area contributed by atoms with Crippen molar-refractivity contribution in [2.75, 3.05) is 0 Å². The average Bonchev–Trinajstić information content (AvgIpc) is 2.60. The van der Waals surface area contributed by atoms with Crippen molar-refractivity contribution in [2.45, 2.75) is 4.90 Å². The van der Waals surface area contributed by atoms with Gasteiger partial charge in [-0.1, -0.05) is 42.1 Å². The quantitative estimate of drug-likeness (QED) is 0.267. The Morgan fingerprint density at radius 1 is 1.03 bits per heavy atom. The van der Waals surface area contributed by atoms with Gasteiger partial charge in [0, 0.05) is 17.5 Å². The fourth-order valence-electron chi connectivity index (χ4n) is 2.39. The van der Waals surface area contributed by atoms with Crippen molar-refractivity contribution in [2.24, 2.45) is 10.2 Å². The molecule has 0 aliphatic heterocycles. The van der Waals surface area contributed by atoms with E-state index in [1.165, 1.54) is 6.07 Å². The number of hydrogen-bond acceptors (Lipinski definition) is 10. The van der Waals surface area contributed by atoms with Crippen LogP contribution in [0.15, 0.2) is 63.7 Å². The Morgan fingerprint density at radius 3 is 2.31 bits per heavy atom. The number of aromatic hydroxyl groups is 1. The van der Waals surface area contributed by atoms with E-state index in [2.05, 4.69) is 10.2 Å². The molecular formula is C16H10CrN3O8S. The van der Waals surface area contributed by atoms with Crippen LogP contribution >= 0.6 is 0 Å². The van der Waals surface area contributed by atoms with Gasteiger partial charge in [-0.3, -0.25) is 10.1 Å². The summed E-state index contributed by atoms with van der Waals surface area (Å²) >= 11 is 0. The zero-order valence-electron chi connectivity index (χ0n) is 14.1. The van der Waals surface area contributed by atoms with Gasteiger partial charge in [0.2, 0.25) is 0 Å². The third-order valence-corrected chi connectivity index (χ3v) is 4.49. The number of hydrogen-bond donors (Lipinski definition) is 1. The van der Waals surface area contributed by atoms with Crippen LogP contribution in [0.1, 0.15) is 0 Å². The first-order valence-corrected chi connectivity index (χ1v) is 8.67. The van der Waals surface area contributed by atoms with Crippen LogP contribution in [0.2, 0.25) is 0 Å². The number of phenols is 1. The molecule has 0 spiro atoms. The van der Waals surface area contributed by atoms with E-state index in [9.17, 15) is 33.3 Å². The van der Waals surface area contributed by atoms with Crippen molar-refractivity contribution < 1.29 is 50.9 Å². The van der Waals surface area contributed by atoms with E-state index >= 15 is 0 Å². The minimum absolute atomic E-state index is 0. The first-order valence-electron chi connectivity index (χ1n) is 7.26. The summed E-state index contributed by atoms with van der Waals surface area (Å²) in [4.78, 5) is 8.79. The third-order valence-electron chi connectivity index (χ3n) is 3.64. The normalized spacial score (nSPS) is 11.1. The van der Waals surface area contributed by atoms with Gasteiger partial charge in [-0.05, 0) is 5.39 Å². The third kappa shape index (κ3) is 4.86. The van der Waals surface area contributed by atoms with Crippen LogP contribution in [-0.2, 0) is 27.5 Å². The molecule has 0 fully saturated rings. The van der Waals surface area contributed by atoms with Crippen LogP contribution < -0.4 is 5.11 Å². The van der Waals surface area contributed by atoms with Crippen LogP contribution in [-0.4, -0.2) is 28.5 Å². The minimum Gasteiger partial charge on any atom is -0.871 e. The fourth-order valence-corrected chi connectivity index (χ4v) is 3.00. The summed E-state index contributed by atoms with van der Waals surface area (Å²) in [5.74, 6) is -1.59. The van der Waals surface area contributed by atoms with E-state index in [1.54, 1.807) is 30.3 Å². The molecule has 2 N–H and O–H groups in total. The van der Waals surface area contributed by atoms with Crippen LogP contribution in [0, 0.1) is 10.1 Å². The molecule has 0 heterocycles. The molecule has 13 heteroatoms. The van der Waals surface area contributed by atoms with Crippen LogP contribution in [0.4, 0.5) is 17.1 Å². The second-order valence-electron chi connectivity index (χ2n) is 5.36. The molecule has 0 saturated carbocycles. The number of azo groups is 1. The number of fused-ring (bicyclic) bond motifs is 1. The van der Waals surface area contributed by atoms with Gasteiger partial charge in [0.05, 0.1) is 10.6 Å². The van der Waals surface area contributed by atoms with Crippen LogP contribution in [0.25, 0.3) is 10.8 Å². The Balaban J connectivity index is 0.00000210. The van der Waals surface area contributed by atoms with Gasteiger partial charge in [-0.25, -0.2) is 8.42 Å². The number of nitrogens with zero attached hydrogens (tertiary/aromatic N) is 3. The Labute approximate surface area is 174 Å². The van der Waals surface area contributed by atoms with Crippen molar-refractivity contribution in [3.8, 4) is 11.5 Å². The molecule has 3 aromatic carbocycles. The number of benzene rings is 3. The monoisotopic (exact) mass is 456 g/mol. The largest absolute Gasteiger partial charge is 3.00 e. The van der Waals surface area contributed by atoms with E-state index < -0.39 is 42.8 Å². The maximum atomic E-state index is 12.1. The Morgan fingerprint density at radius 2 is 1.69 bits per heavy atom. The summed E-state index contributed by atoms with van der Waals surface area (Å²) in [6, 6.07) is 10.7. The average molecular weight is 456 g/mol. The fraction of sp³-hybridized carbons (Fsp3) is 0. The molecule has 0 aliphatic carbocycles. The SMILES string of the molecule is O=[N+]([O-])c1cc(N=Nc2c([O-])ccc3ccccc23)c(O)c(S(=O)(=O)[O-])c1.[Cr+3].[OH-]. The first kappa shape index (κ1) is 24.0. The molecule has 11 nitrogen and oxygen atoms in total. The van der Waals surface area contributed by atoms with Gasteiger partial charge in [0.15, 0.2) is 5.75 Å². The van der Waals surface area contributed by atoms with Crippen molar-refractivity contribution >= 4 is 38.0 Å². The van der Waals surface area contributed by atoms with Gasteiger partial charge < -0.3 is 20.2 Å². The summed E-state index contributed by atoms with van der Waals surface area (Å²) in [5, 5.41) is 41.4. The smallest absolute Gasteiger partial charge is 0.871 e. The summed E-state index contributed by atoms with van der Waals surface area (Å²) in [6.07, 6.45) is 0. The van der Waals surface area contributed by atoms with Crippen molar-refractivity contribution in [1.29, 1.82) is 0 Å². The second-order valence-corrected chi connectivity index (χ2v) is 6.70. The van der Waals surface area contributed by atoms with E-state index in [0.29, 0.717) is 16.8 Å². The van der Waals surface area contributed by atoms with Crippen molar-refractivity contribution in [3.63, 3.8) is 0 Å². The molecular weight excluding hydrogens is 446 g/mol. The summed E-state index contributed by atoms with van der Waals surface area (Å²) in [6.45, 7) is 0. The van der Waals surface area contributed by atoms with Crippen molar-refractivity contribution in [1.82, 2.24) is 0 Å². The number of non-ortho nitro benzene ring substituents is 1. The Bertz CT molecular complexity index is 1210. The van der Waals surface area contributed by atoms with Crippen LogP contribution in [0.3, 0.4) is 0 Å². The van der Waals surface area contributed by atoms with E-state index in [1.807, 2.05) is 0 Å². The summed E-state index contributed by atoms with van der Waals surface area (Å²) < 4.78 is 33.7. The topological polar surface area (TPSA) is 198 Å². The predicted octanol–water partition coefficient (Wildman–Crippen LogP) is 2.67. The number of phenolic OH excluding ortho intramolecular Hbond substituents is 1. The zero-order chi connectivity index (χ0) is 19.8. The van der Waals surface area contributed by atoms with Gasteiger partial charge in [0.25, 0.3) is 5.69 Å². The molecule has 0 aromatic heterocycles. The minimum atomic E-state index is -5.21. The molecule has 3 rings (SSSR count). The van der Waals surface area contributed by atoms with Gasteiger partial charge in [-0.2, -0.15) is 5.11 Å². The molecule has 0 bridgehead atoms. The molecule has 0 amide bonds. The summed E-state index contributed by atoms with van der Waals surface area (Å²) in [5.41, 5.74) is -1.52. The Kier molecular flexibility index (Phi) is 7.39. The molecule has 0 aliphatic rings. The maximum Gasteiger partial charge on any atom is 3.00 e. The predicted molar refractivity (Wildman–Crippen MR) is 92.2 cm³/mol. The van der Waals surface area contributed by atoms with Gasteiger partial charge in [0.1, 0.15) is 20.7 Å². The van der Waals surface area contributed by atoms with E-state index in [4.69, 9.17) is 0 Å². The van der Waals surface area contributed by atoms with Crippen LogP contribution in [0.5, 0.6) is 11.5 Å². The molecule has 1 radical (unpaired) electrons. The maximum absolute atomic E-state index is 12.1. The van der Waals surface area contributed by atoms with Crippen molar-refractivity contribution in [3.05, 3.63) is 58.6 Å². The molecule has 0 saturated heterocycles. The number of nitro benzene ring substituents is 1. The molecule has 0 unspecified atom stereocenters. The number of nitro groups is 1. The van der Waals surface area contributed by atoms with Gasteiger partial charge >= 0.3 is 17.4 Å². The standard InChI is InChI=1S/C16H11N3O7S.Cr.H2O/c20-13-6-5-9-3-1-2-4-11(9)15(13)18-17-12-7-10(19(22)23)8-14(16(12)21)27(24,25)26;;/h1-8,20-21H,(H,24,25,26);;1H2/q;+3;/p-3. The first-order chi connectivity index (χ1) is 12.7. The van der Waals surface area contributed by atoms with Gasteiger partial charge in [-0.15, -0.1) is 5.11 Å².